The van der Waals surface area contributed by atoms with E-state index in [9.17, 15) is 40.5 Å². The maximum Gasteiger partial charge on any atom is 0.249 e. The average Bonchev–Trinajstić information content (AvgIpc) is 3.21. The summed E-state index contributed by atoms with van der Waals surface area (Å²) in [4.78, 5) is 13.0. The Morgan fingerprint density at radius 1 is 0.596 bits per heavy atom. The topological polar surface area (TPSA) is 189 Å². The highest BCUT2D eigenvalue weighted by atomic mass is 16.7. The lowest BCUT2D eigenvalue weighted by Gasteiger charge is -2.40. The van der Waals surface area contributed by atoms with Gasteiger partial charge in [-0.15, -0.1) is 0 Å². The SMILES string of the molecule is CCCC/C=C\CCCCCCC(O)C(=O)NC(COC1OC(CO)C(O)C(O)C1O)C(O)C(O)CCC/C=C/CCCCCCCCCCCCCCCCC. The smallest absolute Gasteiger partial charge is 0.249 e. The van der Waals surface area contributed by atoms with Crippen LogP contribution in [0.4, 0.5) is 0 Å². The third kappa shape index (κ3) is 26.4. The van der Waals surface area contributed by atoms with Gasteiger partial charge in [-0.1, -0.05) is 160 Å². The highest BCUT2D eigenvalue weighted by molar-refractivity contribution is 5.80. The normalized spacial score (nSPS) is 22.3. The van der Waals surface area contributed by atoms with Crippen LogP contribution >= 0.6 is 0 Å². The highest BCUT2D eigenvalue weighted by Crippen LogP contribution is 2.23. The van der Waals surface area contributed by atoms with Gasteiger partial charge in [-0.05, 0) is 57.8 Å². The van der Waals surface area contributed by atoms with Crippen LogP contribution in [-0.4, -0.2) is 110 Å². The van der Waals surface area contributed by atoms with E-state index in [2.05, 4.69) is 43.5 Å². The van der Waals surface area contributed by atoms with Crippen molar-refractivity contribution in [2.24, 2.45) is 0 Å². The van der Waals surface area contributed by atoms with Gasteiger partial charge in [0.25, 0.3) is 0 Å². The van der Waals surface area contributed by atoms with Crippen molar-refractivity contribution in [3.63, 3.8) is 0 Å². The molecule has 0 saturated carbocycles. The van der Waals surface area contributed by atoms with Crippen molar-refractivity contribution >= 4 is 5.91 Å². The molecule has 1 aliphatic rings. The van der Waals surface area contributed by atoms with Crippen molar-refractivity contribution < 1.29 is 50.0 Å². The molecule has 1 heterocycles. The van der Waals surface area contributed by atoms with E-state index >= 15 is 0 Å². The molecule has 8 N–H and O–H groups in total. The van der Waals surface area contributed by atoms with Crippen LogP contribution in [0, 0.1) is 0 Å². The Morgan fingerprint density at radius 2 is 1.05 bits per heavy atom. The highest BCUT2D eigenvalue weighted by Gasteiger charge is 2.44. The number of allylic oxidation sites excluding steroid dienone is 4. The van der Waals surface area contributed by atoms with Gasteiger partial charge >= 0.3 is 0 Å². The van der Waals surface area contributed by atoms with Gasteiger partial charge in [0.2, 0.25) is 5.91 Å². The van der Waals surface area contributed by atoms with Gasteiger partial charge < -0.3 is 50.5 Å². The fraction of sp³-hybridized carbons (Fsp3) is 0.891. The van der Waals surface area contributed by atoms with E-state index in [4.69, 9.17) is 9.47 Å². The second-order valence-corrected chi connectivity index (χ2v) is 16.5. The molecule has 57 heavy (non-hydrogen) atoms. The minimum Gasteiger partial charge on any atom is -0.394 e. The molecule has 11 nitrogen and oxygen atoms in total. The van der Waals surface area contributed by atoms with E-state index in [1.807, 2.05) is 0 Å². The maximum absolute atomic E-state index is 13.0. The van der Waals surface area contributed by atoms with Crippen molar-refractivity contribution in [3.05, 3.63) is 24.3 Å². The number of rotatable bonds is 38. The molecule has 0 aromatic carbocycles. The average molecular weight is 814 g/mol. The zero-order valence-corrected chi connectivity index (χ0v) is 36.1. The molecule has 0 aromatic heterocycles. The summed E-state index contributed by atoms with van der Waals surface area (Å²) in [6, 6.07) is -1.19. The number of carbonyl (C=O) groups is 1. The van der Waals surface area contributed by atoms with E-state index in [-0.39, 0.29) is 12.8 Å². The van der Waals surface area contributed by atoms with Crippen molar-refractivity contribution in [3.8, 4) is 0 Å². The van der Waals surface area contributed by atoms with Gasteiger partial charge in [0, 0.05) is 0 Å². The summed E-state index contributed by atoms with van der Waals surface area (Å²) >= 11 is 0. The summed E-state index contributed by atoms with van der Waals surface area (Å²) in [6.07, 6.45) is 28.2. The van der Waals surface area contributed by atoms with Crippen molar-refractivity contribution in [1.82, 2.24) is 5.32 Å². The fourth-order valence-electron chi connectivity index (χ4n) is 7.30. The first kappa shape index (κ1) is 53.6. The first-order chi connectivity index (χ1) is 27.7. The van der Waals surface area contributed by atoms with Crippen LogP contribution in [0.3, 0.4) is 0 Å². The van der Waals surface area contributed by atoms with Gasteiger partial charge in [-0.25, -0.2) is 0 Å². The Bertz CT molecular complexity index is 981. The first-order valence-electron chi connectivity index (χ1n) is 23.2. The van der Waals surface area contributed by atoms with E-state index < -0.39 is 74.2 Å². The van der Waals surface area contributed by atoms with Crippen molar-refractivity contribution in [2.75, 3.05) is 13.2 Å². The van der Waals surface area contributed by atoms with E-state index in [0.717, 1.165) is 51.4 Å². The summed E-state index contributed by atoms with van der Waals surface area (Å²) in [7, 11) is 0. The fourth-order valence-corrected chi connectivity index (χ4v) is 7.30. The van der Waals surface area contributed by atoms with E-state index in [1.54, 1.807) is 0 Å². The molecule has 0 bridgehead atoms. The molecule has 1 fully saturated rings. The Morgan fingerprint density at radius 3 is 1.56 bits per heavy atom. The predicted octanol–water partition coefficient (Wildman–Crippen LogP) is 7.45. The third-order valence-electron chi connectivity index (χ3n) is 11.2. The molecule has 9 unspecified atom stereocenters. The van der Waals surface area contributed by atoms with Crippen LogP contribution < -0.4 is 5.32 Å². The van der Waals surface area contributed by atoms with Crippen molar-refractivity contribution in [1.29, 1.82) is 0 Å². The number of carbonyl (C=O) groups excluding carboxylic acids is 1. The molecule has 336 valence electrons. The van der Waals surface area contributed by atoms with Gasteiger partial charge in [0.15, 0.2) is 6.29 Å². The Balaban J connectivity index is 2.44. The molecule has 1 aliphatic heterocycles. The number of unbranched alkanes of at least 4 members (excludes halogenated alkanes) is 22. The Labute approximate surface area is 346 Å². The molecule has 0 spiro atoms. The molecule has 1 saturated heterocycles. The second-order valence-electron chi connectivity index (χ2n) is 16.5. The second kappa shape index (κ2) is 36.4. The third-order valence-corrected chi connectivity index (χ3v) is 11.2. The monoisotopic (exact) mass is 814 g/mol. The van der Waals surface area contributed by atoms with Gasteiger partial charge in [0.05, 0.1) is 25.4 Å². The summed E-state index contributed by atoms with van der Waals surface area (Å²) in [5.41, 5.74) is 0. The van der Waals surface area contributed by atoms with Crippen LogP contribution in [0.25, 0.3) is 0 Å². The Kier molecular flexibility index (Phi) is 34.3. The van der Waals surface area contributed by atoms with Crippen LogP contribution in [0.1, 0.15) is 194 Å². The first-order valence-corrected chi connectivity index (χ1v) is 23.2. The van der Waals surface area contributed by atoms with Gasteiger partial charge in [-0.3, -0.25) is 4.79 Å². The molecule has 1 amide bonds. The number of nitrogens with one attached hydrogen (secondary N) is 1. The molecule has 11 heteroatoms. The summed E-state index contributed by atoms with van der Waals surface area (Å²) < 4.78 is 11.1. The summed E-state index contributed by atoms with van der Waals surface area (Å²) in [5.74, 6) is -0.718. The van der Waals surface area contributed by atoms with Crippen LogP contribution in [0.15, 0.2) is 24.3 Å². The van der Waals surface area contributed by atoms with E-state index in [0.29, 0.717) is 12.8 Å². The largest absolute Gasteiger partial charge is 0.394 e. The minimum atomic E-state index is -1.67. The predicted molar refractivity (Wildman–Crippen MR) is 229 cm³/mol. The number of aliphatic hydroxyl groups excluding tert-OH is 7. The molecule has 0 aromatic rings. The van der Waals surface area contributed by atoms with Crippen LogP contribution in [0.5, 0.6) is 0 Å². The molecule has 1 rings (SSSR count). The number of hydrogen-bond donors (Lipinski definition) is 8. The molecule has 9 atom stereocenters. The lowest BCUT2D eigenvalue weighted by atomic mass is 9.98. The zero-order valence-electron chi connectivity index (χ0n) is 36.1. The molecule has 0 radical (unpaired) electrons. The number of ether oxygens (including phenoxy) is 2. The lowest BCUT2D eigenvalue weighted by Crippen LogP contribution is -2.60. The minimum absolute atomic E-state index is 0.239. The zero-order chi connectivity index (χ0) is 41.9. The van der Waals surface area contributed by atoms with Gasteiger partial charge in [0.1, 0.15) is 36.6 Å². The van der Waals surface area contributed by atoms with Crippen LogP contribution in [-0.2, 0) is 14.3 Å². The van der Waals surface area contributed by atoms with Gasteiger partial charge in [-0.2, -0.15) is 0 Å². The van der Waals surface area contributed by atoms with Crippen molar-refractivity contribution in [2.45, 2.75) is 249 Å². The Hall–Kier alpha value is -1.41. The number of hydrogen-bond acceptors (Lipinski definition) is 10. The number of amides is 1. The summed E-state index contributed by atoms with van der Waals surface area (Å²) in [6.45, 7) is 3.36. The van der Waals surface area contributed by atoms with Crippen LogP contribution in [0.2, 0.25) is 0 Å². The van der Waals surface area contributed by atoms with E-state index in [1.165, 1.54) is 103 Å². The molecule has 0 aliphatic carbocycles. The quantitative estimate of drug-likeness (QED) is 0.0230. The standard InChI is InChI=1S/C46H87NO10/c1-3-5-7-9-11-13-15-16-17-18-19-20-21-22-23-24-26-27-29-31-33-38(49)41(51)37(36-56-46-44(54)43(53)42(52)40(35-48)57-46)47-45(55)39(50)34-32-30-28-25-14-12-10-8-6-4-2/h10,12,26-27,37-44,46,48-54H,3-9,11,13-25,28-36H2,1-2H3,(H,47,55)/b12-10-,27-26+. The number of aliphatic hydroxyl groups is 7. The maximum atomic E-state index is 13.0. The molecular weight excluding hydrogens is 727 g/mol. The molecular formula is C46H87NO10. The lowest BCUT2D eigenvalue weighted by molar-refractivity contribution is -0.303. The summed E-state index contributed by atoms with van der Waals surface area (Å²) in [5, 5.41) is 75.5.